The summed E-state index contributed by atoms with van der Waals surface area (Å²) in [6, 6.07) is 4.26. The van der Waals surface area contributed by atoms with Gasteiger partial charge in [0.2, 0.25) is 0 Å². The molecule has 11 heavy (non-hydrogen) atoms. The molecule has 0 spiro atoms. The Hall–Kier alpha value is -0.630. The van der Waals surface area contributed by atoms with Crippen molar-refractivity contribution in [3.05, 3.63) is 21.9 Å². The second-order valence-corrected chi connectivity index (χ2v) is 3.68. The smallest absolute Gasteiger partial charge is 0.120 e. The van der Waals surface area contributed by atoms with Gasteiger partial charge in [0.05, 0.1) is 0 Å². The summed E-state index contributed by atoms with van der Waals surface area (Å²) in [6.45, 7) is 2.15. The molecule has 0 atom stereocenters. The molecule has 0 radical (unpaired) electrons. The predicted octanol–water partition coefficient (Wildman–Crippen LogP) is 2.44. The van der Waals surface area contributed by atoms with Gasteiger partial charge in [0.1, 0.15) is 6.29 Å². The topological polar surface area (TPSA) is 17.1 Å². The first kappa shape index (κ1) is 8.47. The third-order valence-electron chi connectivity index (χ3n) is 1.57. The number of thiophene rings is 1. The molecule has 0 aliphatic carbocycles. The number of carbonyl (C=O) groups excluding carboxylic acids is 1. The lowest BCUT2D eigenvalue weighted by Gasteiger charge is -1.87. The number of aldehydes is 1. The van der Waals surface area contributed by atoms with E-state index < -0.39 is 0 Å². The molecule has 1 rings (SSSR count). The highest BCUT2D eigenvalue weighted by atomic mass is 32.1. The maximum Gasteiger partial charge on any atom is 0.120 e. The predicted molar refractivity (Wildman–Crippen MR) is 48.1 cm³/mol. The van der Waals surface area contributed by atoms with Gasteiger partial charge in [0.15, 0.2) is 0 Å². The first-order valence-electron chi connectivity index (χ1n) is 3.88. The van der Waals surface area contributed by atoms with E-state index in [1.807, 2.05) is 11.3 Å². The van der Waals surface area contributed by atoms with Gasteiger partial charge in [-0.05, 0) is 25.0 Å². The summed E-state index contributed by atoms with van der Waals surface area (Å²) in [5, 5.41) is 0. The van der Waals surface area contributed by atoms with Crippen molar-refractivity contribution < 1.29 is 4.79 Å². The minimum Gasteiger partial charge on any atom is -0.303 e. The SMILES string of the molecule is CCc1ccc(CCC=O)s1. The minimum absolute atomic E-state index is 0.656. The van der Waals surface area contributed by atoms with Gasteiger partial charge in [-0.15, -0.1) is 11.3 Å². The second kappa shape index (κ2) is 4.29. The average Bonchev–Trinajstić information content (AvgIpc) is 2.48. The van der Waals surface area contributed by atoms with Crippen LogP contribution in [0.1, 0.15) is 23.1 Å². The summed E-state index contributed by atoms with van der Waals surface area (Å²) in [5.41, 5.74) is 0. The second-order valence-electron chi connectivity index (χ2n) is 2.43. The van der Waals surface area contributed by atoms with Crippen LogP contribution in [0.2, 0.25) is 0 Å². The maximum absolute atomic E-state index is 10.1. The number of aryl methyl sites for hydroxylation is 2. The summed E-state index contributed by atoms with van der Waals surface area (Å²) >= 11 is 1.81. The fraction of sp³-hybridized carbons (Fsp3) is 0.444. The van der Waals surface area contributed by atoms with E-state index in [2.05, 4.69) is 19.1 Å². The van der Waals surface area contributed by atoms with Crippen molar-refractivity contribution >= 4 is 17.6 Å². The number of hydrogen-bond donors (Lipinski definition) is 0. The highest BCUT2D eigenvalue weighted by Crippen LogP contribution is 2.17. The van der Waals surface area contributed by atoms with Crippen LogP contribution in [-0.2, 0) is 17.6 Å². The lowest BCUT2D eigenvalue weighted by atomic mass is 10.3. The monoisotopic (exact) mass is 168 g/mol. The van der Waals surface area contributed by atoms with E-state index in [0.29, 0.717) is 6.42 Å². The van der Waals surface area contributed by atoms with Crippen molar-refractivity contribution in [1.82, 2.24) is 0 Å². The average molecular weight is 168 g/mol. The standard InChI is InChI=1S/C9H12OS/c1-2-8-5-6-9(11-8)4-3-7-10/h5-7H,2-4H2,1H3. The van der Waals surface area contributed by atoms with Gasteiger partial charge in [0.25, 0.3) is 0 Å². The zero-order valence-corrected chi connectivity index (χ0v) is 7.49. The zero-order chi connectivity index (χ0) is 8.10. The third kappa shape index (κ3) is 2.46. The van der Waals surface area contributed by atoms with E-state index in [4.69, 9.17) is 0 Å². The molecule has 2 heteroatoms. The summed E-state index contributed by atoms with van der Waals surface area (Å²) < 4.78 is 0. The molecule has 0 aromatic carbocycles. The zero-order valence-electron chi connectivity index (χ0n) is 6.67. The Morgan fingerprint density at radius 1 is 1.45 bits per heavy atom. The molecule has 1 aromatic heterocycles. The first-order chi connectivity index (χ1) is 5.36. The fourth-order valence-corrected chi connectivity index (χ4v) is 1.92. The Morgan fingerprint density at radius 3 is 2.73 bits per heavy atom. The Morgan fingerprint density at radius 2 is 2.18 bits per heavy atom. The molecule has 60 valence electrons. The highest BCUT2D eigenvalue weighted by Gasteiger charge is 1.96. The van der Waals surface area contributed by atoms with Crippen LogP contribution in [0.25, 0.3) is 0 Å². The van der Waals surface area contributed by atoms with Crippen LogP contribution in [0.15, 0.2) is 12.1 Å². The van der Waals surface area contributed by atoms with Crippen LogP contribution in [0.5, 0.6) is 0 Å². The summed E-state index contributed by atoms with van der Waals surface area (Å²) in [5.74, 6) is 0. The van der Waals surface area contributed by atoms with Crippen LogP contribution in [-0.4, -0.2) is 6.29 Å². The fourth-order valence-electron chi connectivity index (χ4n) is 0.948. The molecule has 0 fully saturated rings. The lowest BCUT2D eigenvalue weighted by Crippen LogP contribution is -1.79. The highest BCUT2D eigenvalue weighted by molar-refractivity contribution is 7.11. The quantitative estimate of drug-likeness (QED) is 0.631. The minimum atomic E-state index is 0.656. The molecule has 0 N–H and O–H groups in total. The third-order valence-corrected chi connectivity index (χ3v) is 2.86. The van der Waals surface area contributed by atoms with E-state index in [9.17, 15) is 4.79 Å². The molecule has 0 saturated heterocycles. The van der Waals surface area contributed by atoms with Crippen molar-refractivity contribution in [2.75, 3.05) is 0 Å². The molecule has 0 aliphatic rings. The van der Waals surface area contributed by atoms with Crippen molar-refractivity contribution in [3.8, 4) is 0 Å². The Balaban J connectivity index is 2.50. The molecule has 0 aliphatic heterocycles. The van der Waals surface area contributed by atoms with Crippen molar-refractivity contribution in [2.45, 2.75) is 26.2 Å². The van der Waals surface area contributed by atoms with E-state index >= 15 is 0 Å². The normalized spacial score (nSPS) is 9.91. The molecule has 1 heterocycles. The van der Waals surface area contributed by atoms with E-state index in [-0.39, 0.29) is 0 Å². The van der Waals surface area contributed by atoms with E-state index in [1.54, 1.807) is 0 Å². The first-order valence-corrected chi connectivity index (χ1v) is 4.69. The van der Waals surface area contributed by atoms with Crippen LogP contribution in [0.4, 0.5) is 0 Å². The lowest BCUT2D eigenvalue weighted by molar-refractivity contribution is -0.107. The number of rotatable bonds is 4. The Bertz CT molecular complexity index is 227. The Kier molecular flexibility index (Phi) is 3.30. The summed E-state index contributed by atoms with van der Waals surface area (Å²) in [7, 11) is 0. The van der Waals surface area contributed by atoms with Crippen LogP contribution < -0.4 is 0 Å². The van der Waals surface area contributed by atoms with Crippen molar-refractivity contribution in [3.63, 3.8) is 0 Å². The van der Waals surface area contributed by atoms with Gasteiger partial charge >= 0.3 is 0 Å². The Labute approximate surface area is 71.1 Å². The molecular formula is C9H12OS. The molecular weight excluding hydrogens is 156 g/mol. The summed E-state index contributed by atoms with van der Waals surface area (Å²) in [4.78, 5) is 12.8. The molecule has 1 nitrogen and oxygen atoms in total. The van der Waals surface area contributed by atoms with E-state index in [0.717, 1.165) is 19.1 Å². The van der Waals surface area contributed by atoms with E-state index in [1.165, 1.54) is 9.75 Å². The van der Waals surface area contributed by atoms with Gasteiger partial charge in [-0.25, -0.2) is 0 Å². The van der Waals surface area contributed by atoms with Crippen molar-refractivity contribution in [2.24, 2.45) is 0 Å². The van der Waals surface area contributed by atoms with Gasteiger partial charge in [-0.3, -0.25) is 0 Å². The molecule has 0 unspecified atom stereocenters. The van der Waals surface area contributed by atoms with Crippen LogP contribution >= 0.6 is 11.3 Å². The summed E-state index contributed by atoms with van der Waals surface area (Å²) in [6.07, 6.45) is 3.65. The van der Waals surface area contributed by atoms with Crippen LogP contribution in [0.3, 0.4) is 0 Å². The van der Waals surface area contributed by atoms with Crippen LogP contribution in [0, 0.1) is 0 Å². The number of hydrogen-bond acceptors (Lipinski definition) is 2. The number of carbonyl (C=O) groups is 1. The maximum atomic E-state index is 10.1. The van der Waals surface area contributed by atoms with Gasteiger partial charge in [-0.1, -0.05) is 6.92 Å². The van der Waals surface area contributed by atoms with Gasteiger partial charge in [-0.2, -0.15) is 0 Å². The molecule has 0 bridgehead atoms. The van der Waals surface area contributed by atoms with Crippen molar-refractivity contribution in [1.29, 1.82) is 0 Å². The molecule has 0 amide bonds. The molecule has 0 saturated carbocycles. The van der Waals surface area contributed by atoms with Gasteiger partial charge < -0.3 is 4.79 Å². The largest absolute Gasteiger partial charge is 0.303 e. The van der Waals surface area contributed by atoms with Gasteiger partial charge in [0, 0.05) is 16.2 Å². The molecule has 1 aromatic rings.